The van der Waals surface area contributed by atoms with Crippen molar-refractivity contribution < 1.29 is 12.8 Å². The lowest BCUT2D eigenvalue weighted by molar-refractivity contribution is 0.563. The van der Waals surface area contributed by atoms with Crippen molar-refractivity contribution in [2.45, 2.75) is 11.8 Å². The molecule has 1 heterocycles. The highest BCUT2D eigenvalue weighted by Gasteiger charge is 2.22. The molecule has 0 atom stereocenters. The van der Waals surface area contributed by atoms with Crippen molar-refractivity contribution in [1.82, 2.24) is 0 Å². The maximum Gasteiger partial charge on any atom is 0.363 e. The average molecular weight is 423 g/mol. The number of rotatable bonds is 4. The zero-order valence-corrected chi connectivity index (χ0v) is 15.9. The Morgan fingerprint density at radius 3 is 2.48 bits per heavy atom. The van der Waals surface area contributed by atoms with Gasteiger partial charge < -0.3 is 9.73 Å². The normalized spacial score (nSPS) is 11.5. The summed E-state index contributed by atoms with van der Waals surface area (Å²) in [6.07, 6.45) is 0. The average Bonchev–Trinajstić information content (AvgIpc) is 2.55. The van der Waals surface area contributed by atoms with E-state index < -0.39 is 15.6 Å². The highest BCUT2D eigenvalue weighted by atomic mass is 79.9. The molecule has 1 aromatic heterocycles. The molecule has 25 heavy (non-hydrogen) atoms. The number of benzene rings is 2. The van der Waals surface area contributed by atoms with Crippen molar-refractivity contribution in [3.63, 3.8) is 0 Å². The Kier molecular flexibility index (Phi) is 4.57. The molecule has 0 unspecified atom stereocenters. The number of aryl methyl sites for hydroxylation is 1. The molecule has 2 aromatic carbocycles. The van der Waals surface area contributed by atoms with E-state index in [0.29, 0.717) is 22.2 Å². The molecule has 0 bridgehead atoms. The molecule has 3 aromatic rings. The number of fused-ring (bicyclic) bond motifs is 1. The van der Waals surface area contributed by atoms with Crippen molar-refractivity contribution in [2.24, 2.45) is 0 Å². The Hall–Kier alpha value is -2.32. The summed E-state index contributed by atoms with van der Waals surface area (Å²) in [5, 5.41) is 3.49. The van der Waals surface area contributed by atoms with Crippen LogP contribution in [0.25, 0.3) is 11.0 Å². The predicted molar refractivity (Wildman–Crippen MR) is 102 cm³/mol. The number of nitrogens with one attached hydrogen (secondary N) is 2. The summed E-state index contributed by atoms with van der Waals surface area (Å²) in [5.74, 6) is 0. The van der Waals surface area contributed by atoms with Crippen molar-refractivity contribution in [1.29, 1.82) is 0 Å². The molecule has 0 saturated carbocycles. The predicted octanol–water partition coefficient (Wildman–Crippen LogP) is 3.71. The fraction of sp³-hybridized carbons (Fsp3) is 0.118. The van der Waals surface area contributed by atoms with E-state index >= 15 is 0 Å². The van der Waals surface area contributed by atoms with Gasteiger partial charge in [-0.3, -0.25) is 4.72 Å². The smallest absolute Gasteiger partial charge is 0.363 e. The molecule has 0 amide bonds. The SMILES string of the molecule is CNc1c(NS(=O)(=O)c2ccc(Br)cc2C)c(=O)oc2ccccc12. The van der Waals surface area contributed by atoms with Gasteiger partial charge in [-0.05, 0) is 42.8 Å². The van der Waals surface area contributed by atoms with Crippen LogP contribution in [-0.4, -0.2) is 15.5 Å². The fourth-order valence-corrected chi connectivity index (χ4v) is 4.38. The Morgan fingerprint density at radius 2 is 1.80 bits per heavy atom. The second-order valence-electron chi connectivity index (χ2n) is 5.40. The second kappa shape index (κ2) is 6.53. The zero-order valence-electron chi connectivity index (χ0n) is 13.5. The van der Waals surface area contributed by atoms with Crippen molar-refractivity contribution >= 4 is 48.3 Å². The molecule has 8 heteroatoms. The fourth-order valence-electron chi connectivity index (χ4n) is 2.61. The minimum atomic E-state index is -3.96. The zero-order chi connectivity index (χ0) is 18.2. The first kappa shape index (κ1) is 17.5. The number of hydrogen-bond acceptors (Lipinski definition) is 5. The molecule has 0 aliphatic rings. The van der Waals surface area contributed by atoms with Gasteiger partial charge in [0.15, 0.2) is 5.69 Å². The van der Waals surface area contributed by atoms with E-state index in [1.807, 2.05) is 0 Å². The first-order chi connectivity index (χ1) is 11.8. The summed E-state index contributed by atoms with van der Waals surface area (Å²) in [7, 11) is -2.34. The molecule has 0 spiro atoms. The van der Waals surface area contributed by atoms with Crippen LogP contribution in [0.4, 0.5) is 11.4 Å². The lowest BCUT2D eigenvalue weighted by Crippen LogP contribution is -2.20. The molecule has 6 nitrogen and oxygen atoms in total. The van der Waals surface area contributed by atoms with Gasteiger partial charge in [-0.25, -0.2) is 13.2 Å². The number of halogens is 1. The Bertz CT molecular complexity index is 1120. The molecule has 130 valence electrons. The lowest BCUT2D eigenvalue weighted by atomic mass is 10.2. The quantitative estimate of drug-likeness (QED) is 0.625. The maximum absolute atomic E-state index is 12.8. The Balaban J connectivity index is 2.17. The van der Waals surface area contributed by atoms with Gasteiger partial charge >= 0.3 is 5.63 Å². The third kappa shape index (κ3) is 3.27. The van der Waals surface area contributed by atoms with E-state index in [1.54, 1.807) is 50.4 Å². The van der Waals surface area contributed by atoms with Crippen molar-refractivity contribution in [3.05, 3.63) is 62.9 Å². The van der Waals surface area contributed by atoms with Gasteiger partial charge in [-0.2, -0.15) is 0 Å². The van der Waals surface area contributed by atoms with E-state index in [1.165, 1.54) is 6.07 Å². The molecule has 2 N–H and O–H groups in total. The third-order valence-corrected chi connectivity index (χ3v) is 5.73. The van der Waals surface area contributed by atoms with Crippen LogP contribution in [-0.2, 0) is 10.0 Å². The molecule has 0 saturated heterocycles. The topological polar surface area (TPSA) is 88.4 Å². The first-order valence-corrected chi connectivity index (χ1v) is 9.63. The summed E-state index contributed by atoms with van der Waals surface area (Å²) >= 11 is 3.30. The highest BCUT2D eigenvalue weighted by Crippen LogP contribution is 2.30. The standard InChI is InChI=1S/C17H15BrN2O4S/c1-10-9-11(18)7-8-14(10)25(22,23)20-16-15(19-2)12-5-3-4-6-13(12)24-17(16)21/h3-9,19-20H,1-2H3. The number of anilines is 2. The van der Waals surface area contributed by atoms with Crippen LogP contribution in [0.5, 0.6) is 0 Å². The van der Waals surface area contributed by atoms with E-state index in [9.17, 15) is 13.2 Å². The van der Waals surface area contributed by atoms with Crippen molar-refractivity contribution in [3.8, 4) is 0 Å². The maximum atomic E-state index is 12.8. The van der Waals surface area contributed by atoms with Crippen molar-refractivity contribution in [2.75, 3.05) is 17.1 Å². The van der Waals surface area contributed by atoms with Crippen LogP contribution in [0, 0.1) is 6.92 Å². The van der Waals surface area contributed by atoms with Crippen LogP contribution >= 0.6 is 15.9 Å². The van der Waals surface area contributed by atoms with Crippen LogP contribution in [0.15, 0.2) is 61.0 Å². The summed E-state index contributed by atoms with van der Waals surface area (Å²) < 4.78 is 33.9. The molecule has 0 aliphatic carbocycles. The van der Waals surface area contributed by atoms with Gasteiger partial charge in [-0.1, -0.05) is 28.1 Å². The minimum absolute atomic E-state index is 0.0883. The van der Waals surface area contributed by atoms with Gasteiger partial charge in [0, 0.05) is 16.9 Å². The number of sulfonamides is 1. The summed E-state index contributed by atoms with van der Waals surface area (Å²) in [6.45, 7) is 1.68. The Morgan fingerprint density at radius 1 is 1.08 bits per heavy atom. The van der Waals surface area contributed by atoms with Crippen LogP contribution in [0.2, 0.25) is 0 Å². The van der Waals surface area contributed by atoms with Gasteiger partial charge in [0.2, 0.25) is 0 Å². The number of hydrogen-bond donors (Lipinski definition) is 2. The number of para-hydroxylation sites is 1. The largest absolute Gasteiger partial charge is 0.421 e. The van der Waals surface area contributed by atoms with Gasteiger partial charge in [0.05, 0.1) is 10.6 Å². The highest BCUT2D eigenvalue weighted by molar-refractivity contribution is 9.10. The molecule has 0 radical (unpaired) electrons. The van der Waals surface area contributed by atoms with Gasteiger partial charge in [-0.15, -0.1) is 0 Å². The van der Waals surface area contributed by atoms with Crippen LogP contribution in [0.3, 0.4) is 0 Å². The molecular formula is C17H15BrN2O4S. The molecular weight excluding hydrogens is 408 g/mol. The molecule has 3 rings (SSSR count). The van der Waals surface area contributed by atoms with Crippen LogP contribution < -0.4 is 15.7 Å². The Labute approximate surface area is 153 Å². The lowest BCUT2D eigenvalue weighted by Gasteiger charge is -2.14. The van der Waals surface area contributed by atoms with Gasteiger partial charge in [0.1, 0.15) is 5.58 Å². The minimum Gasteiger partial charge on any atom is -0.421 e. The summed E-state index contributed by atoms with van der Waals surface area (Å²) in [6, 6.07) is 11.7. The monoisotopic (exact) mass is 422 g/mol. The second-order valence-corrected chi connectivity index (χ2v) is 7.97. The molecule has 0 fully saturated rings. The van der Waals surface area contributed by atoms with E-state index in [4.69, 9.17) is 4.42 Å². The van der Waals surface area contributed by atoms with E-state index in [0.717, 1.165) is 4.47 Å². The third-order valence-electron chi connectivity index (χ3n) is 3.73. The van der Waals surface area contributed by atoms with E-state index in [2.05, 4.69) is 26.0 Å². The molecule has 0 aliphatic heterocycles. The summed E-state index contributed by atoms with van der Waals surface area (Å²) in [5.41, 5.74) is 0.382. The summed E-state index contributed by atoms with van der Waals surface area (Å²) in [4.78, 5) is 12.4. The van der Waals surface area contributed by atoms with E-state index in [-0.39, 0.29) is 10.6 Å². The first-order valence-electron chi connectivity index (χ1n) is 7.36. The van der Waals surface area contributed by atoms with Gasteiger partial charge in [0.25, 0.3) is 10.0 Å². The van der Waals surface area contributed by atoms with Crippen LogP contribution in [0.1, 0.15) is 5.56 Å².